The molecule has 0 aromatic rings. The van der Waals surface area contributed by atoms with Crippen molar-refractivity contribution in [3.63, 3.8) is 0 Å². The first-order valence-corrected chi connectivity index (χ1v) is 7.06. The van der Waals surface area contributed by atoms with E-state index >= 15 is 0 Å². The molecule has 2 aliphatic heterocycles. The number of fused-ring (bicyclic) bond motifs is 2. The van der Waals surface area contributed by atoms with Gasteiger partial charge in [0.05, 0.1) is 0 Å². The molecular weight excluding hydrogens is 329 g/mol. The topological polar surface area (TPSA) is 108 Å². The fourth-order valence-corrected chi connectivity index (χ4v) is 4.76. The molecule has 2 fully saturated rings. The fourth-order valence-electron chi connectivity index (χ4n) is 1.25. The molecule has 0 aliphatic carbocycles. The first-order valence-electron chi connectivity index (χ1n) is 3.93. The van der Waals surface area contributed by atoms with Gasteiger partial charge in [0.2, 0.25) is 0 Å². The van der Waals surface area contributed by atoms with Crippen molar-refractivity contribution < 1.29 is 58.7 Å². The molecule has 2 saturated heterocycles. The summed E-state index contributed by atoms with van der Waals surface area (Å²) in [4.78, 5) is 11.0. The minimum absolute atomic E-state index is 0. The predicted octanol–water partition coefficient (Wildman–Crippen LogP) is -6.60. The molecule has 7 nitrogen and oxygen atoms in total. The van der Waals surface area contributed by atoms with Crippen LogP contribution in [0, 0.1) is 0 Å². The number of carbonyl (C=O) groups excluding carboxylic acids is 1. The second-order valence-electron chi connectivity index (χ2n) is 2.94. The molecule has 2 aliphatic rings. The largest absolute Gasteiger partial charge is 1.00 e. The van der Waals surface area contributed by atoms with Crippen molar-refractivity contribution in [1.29, 1.82) is 0 Å². The van der Waals surface area contributed by atoms with Crippen LogP contribution in [0.25, 0.3) is 0 Å². The van der Waals surface area contributed by atoms with Crippen LogP contribution in [0.15, 0.2) is 0 Å². The zero-order valence-corrected chi connectivity index (χ0v) is 12.5. The molecule has 0 radical (unpaired) electrons. The zero-order chi connectivity index (χ0) is 10.3. The van der Waals surface area contributed by atoms with Crippen molar-refractivity contribution in [3.05, 3.63) is 0 Å². The quantitative estimate of drug-likeness (QED) is 0.458. The number of aliphatic hydroxyl groups is 2. The minimum Gasteiger partial charge on any atom is 1.00 e. The minimum atomic E-state index is -3.09. The summed E-state index contributed by atoms with van der Waals surface area (Å²) in [5, 5.41) is 29.5. The SMILES string of the molecule is O=C1[O][Sb]2[O][C@@H]([C@@H]([O-])[C@H](CO)[O]2)[C@H]1O.[Na+]. The van der Waals surface area contributed by atoms with Gasteiger partial charge in [0.1, 0.15) is 0 Å². The Morgan fingerprint density at radius 2 is 2.13 bits per heavy atom. The summed E-state index contributed by atoms with van der Waals surface area (Å²) in [6, 6.07) is 0. The number of hydrogen-bond donors (Lipinski definition) is 2. The molecule has 0 aromatic heterocycles. The van der Waals surface area contributed by atoms with E-state index in [1.165, 1.54) is 0 Å². The molecular formula is C6H8NaO7Sb. The molecule has 0 spiro atoms. The van der Waals surface area contributed by atoms with Gasteiger partial charge in [-0.1, -0.05) is 0 Å². The van der Waals surface area contributed by atoms with Gasteiger partial charge in [-0.15, -0.1) is 0 Å². The van der Waals surface area contributed by atoms with Gasteiger partial charge in [-0.05, 0) is 0 Å². The summed E-state index contributed by atoms with van der Waals surface area (Å²) in [5.41, 5.74) is 0. The summed E-state index contributed by atoms with van der Waals surface area (Å²) >= 11 is -3.09. The van der Waals surface area contributed by atoms with E-state index in [2.05, 4.69) is 3.02 Å². The summed E-state index contributed by atoms with van der Waals surface area (Å²) in [7, 11) is 0. The number of carbonyl (C=O) groups is 1. The third kappa shape index (κ3) is 2.67. The van der Waals surface area contributed by atoms with E-state index in [0.717, 1.165) is 0 Å². The Labute approximate surface area is 116 Å². The van der Waals surface area contributed by atoms with Crippen LogP contribution in [0.4, 0.5) is 0 Å². The smallest absolute Gasteiger partial charge is 1.00 e. The van der Waals surface area contributed by atoms with Crippen molar-refractivity contribution in [1.82, 2.24) is 0 Å². The van der Waals surface area contributed by atoms with Crippen LogP contribution in [0.5, 0.6) is 0 Å². The average Bonchev–Trinajstić information content (AvgIpc) is 2.18. The normalized spacial score (nSPS) is 40.6. The third-order valence-corrected chi connectivity index (χ3v) is 5.41. The van der Waals surface area contributed by atoms with Gasteiger partial charge in [0.25, 0.3) is 0 Å². The van der Waals surface area contributed by atoms with Gasteiger partial charge >= 0.3 is 117 Å². The summed E-state index contributed by atoms with van der Waals surface area (Å²) in [6.07, 6.45) is -5.09. The van der Waals surface area contributed by atoms with Crippen molar-refractivity contribution >= 4 is 27.4 Å². The van der Waals surface area contributed by atoms with E-state index in [0.29, 0.717) is 0 Å². The summed E-state index contributed by atoms with van der Waals surface area (Å²) in [5.74, 6) is -0.860. The molecule has 0 aromatic carbocycles. The fraction of sp³-hybridized carbons (Fsp3) is 0.833. The van der Waals surface area contributed by atoms with Gasteiger partial charge in [-0.25, -0.2) is 0 Å². The Morgan fingerprint density at radius 1 is 1.47 bits per heavy atom. The van der Waals surface area contributed by atoms with Crippen molar-refractivity contribution in [2.24, 2.45) is 0 Å². The summed E-state index contributed by atoms with van der Waals surface area (Å²) < 4.78 is 14.6. The standard InChI is InChI=1S/C6H9O7.Na.Sb/c7-1-2(8)3(9)4(10)5(11)6(12)13;;/h2-5,7,11H,1H2,(H,12,13);;/q-3;+1;+3/p-1/t2-,3-,4-,5+;;/m0../s1. The Balaban J connectivity index is 0.00000112. The molecule has 2 heterocycles. The summed E-state index contributed by atoms with van der Waals surface area (Å²) in [6.45, 7) is -0.459. The van der Waals surface area contributed by atoms with Gasteiger partial charge in [-0.3, -0.25) is 0 Å². The van der Waals surface area contributed by atoms with E-state index in [-0.39, 0.29) is 29.6 Å². The number of aliphatic hydroxyl groups excluding tert-OH is 2. The van der Waals surface area contributed by atoms with E-state index in [1.54, 1.807) is 0 Å². The average molecular weight is 337 g/mol. The maximum absolute atomic E-state index is 11.5. The van der Waals surface area contributed by atoms with E-state index in [1.807, 2.05) is 0 Å². The molecule has 4 atom stereocenters. The van der Waals surface area contributed by atoms with Crippen LogP contribution < -0.4 is 34.7 Å². The van der Waals surface area contributed by atoms with Gasteiger partial charge in [0.15, 0.2) is 0 Å². The second kappa shape index (κ2) is 5.62. The van der Waals surface area contributed by atoms with Crippen molar-refractivity contribution in [3.8, 4) is 0 Å². The molecule has 2 rings (SSSR count). The van der Waals surface area contributed by atoms with Crippen LogP contribution in [0.3, 0.4) is 0 Å². The first-order chi connectivity index (χ1) is 6.63. The maximum atomic E-state index is 11.5. The van der Waals surface area contributed by atoms with Gasteiger partial charge in [0, 0.05) is 0 Å². The number of hydrogen-bond acceptors (Lipinski definition) is 7. The molecule has 2 N–H and O–H groups in total. The Morgan fingerprint density at radius 3 is 2.73 bits per heavy atom. The molecule has 9 heteroatoms. The first kappa shape index (κ1) is 14.2. The van der Waals surface area contributed by atoms with Gasteiger partial charge < -0.3 is 0 Å². The Bertz CT molecular complexity index is 250. The molecule has 0 unspecified atom stereocenters. The van der Waals surface area contributed by atoms with Crippen LogP contribution >= 0.6 is 0 Å². The van der Waals surface area contributed by atoms with Crippen LogP contribution in [-0.2, 0) is 13.8 Å². The van der Waals surface area contributed by atoms with Crippen LogP contribution in [-0.4, -0.2) is 68.7 Å². The van der Waals surface area contributed by atoms with E-state index < -0.39 is 58.5 Å². The van der Waals surface area contributed by atoms with E-state index in [4.69, 9.17) is 11.1 Å². The van der Waals surface area contributed by atoms with Crippen molar-refractivity contribution in [2.45, 2.75) is 24.4 Å². The zero-order valence-electron chi connectivity index (χ0n) is 7.90. The Kier molecular flexibility index (Phi) is 5.30. The Hall–Kier alpha value is 1.09. The van der Waals surface area contributed by atoms with Crippen LogP contribution in [0.1, 0.15) is 0 Å². The molecule has 0 amide bonds. The van der Waals surface area contributed by atoms with Crippen molar-refractivity contribution in [2.75, 3.05) is 6.61 Å². The monoisotopic (exact) mass is 336 g/mol. The third-order valence-electron chi connectivity index (χ3n) is 2.02. The van der Waals surface area contributed by atoms with Crippen LogP contribution in [0.2, 0.25) is 0 Å². The molecule has 2 bridgehead atoms. The second-order valence-corrected chi connectivity index (χ2v) is 5.94. The maximum Gasteiger partial charge on any atom is 1.00 e. The molecule has 15 heavy (non-hydrogen) atoms. The molecule has 0 saturated carbocycles. The number of rotatable bonds is 1. The van der Waals surface area contributed by atoms with Gasteiger partial charge in [-0.2, -0.15) is 0 Å². The molecule has 80 valence electrons. The van der Waals surface area contributed by atoms with E-state index in [9.17, 15) is 15.0 Å². The predicted molar refractivity (Wildman–Crippen MR) is 38.5 cm³/mol.